The van der Waals surface area contributed by atoms with Crippen molar-refractivity contribution in [2.75, 3.05) is 13.1 Å². The van der Waals surface area contributed by atoms with Crippen molar-refractivity contribution in [1.82, 2.24) is 4.90 Å². The van der Waals surface area contributed by atoms with Crippen LogP contribution < -0.4 is 0 Å². The zero-order valence-electron chi connectivity index (χ0n) is 11.1. The van der Waals surface area contributed by atoms with Crippen LogP contribution >= 0.6 is 0 Å². The van der Waals surface area contributed by atoms with Gasteiger partial charge >= 0.3 is 0 Å². The van der Waals surface area contributed by atoms with Crippen molar-refractivity contribution in [3.05, 3.63) is 41.8 Å². The first-order valence-corrected chi connectivity index (χ1v) is 6.45. The molecule has 1 aliphatic rings. The van der Waals surface area contributed by atoms with E-state index in [9.17, 15) is 4.79 Å². The Morgan fingerprint density at radius 3 is 2.41 bits per heavy atom. The summed E-state index contributed by atoms with van der Waals surface area (Å²) in [5.74, 6) is 0.173. The molecule has 0 spiro atoms. The van der Waals surface area contributed by atoms with Crippen molar-refractivity contribution in [3.8, 4) is 0 Å². The Morgan fingerprint density at radius 2 is 1.82 bits per heavy atom. The number of hydrogen-bond donors (Lipinski definition) is 0. The van der Waals surface area contributed by atoms with Gasteiger partial charge in [0.2, 0.25) is 0 Å². The van der Waals surface area contributed by atoms with Crippen molar-refractivity contribution in [3.63, 3.8) is 0 Å². The Labute approximate surface area is 105 Å². The van der Waals surface area contributed by atoms with E-state index in [4.69, 9.17) is 0 Å². The summed E-state index contributed by atoms with van der Waals surface area (Å²) in [6.07, 6.45) is 4.30. The molecule has 1 aromatic rings. The maximum absolute atomic E-state index is 12.1. The van der Waals surface area contributed by atoms with E-state index in [0.717, 1.165) is 37.1 Å². The molecule has 17 heavy (non-hydrogen) atoms. The molecule has 0 aromatic heterocycles. The van der Waals surface area contributed by atoms with Crippen molar-refractivity contribution >= 4 is 5.91 Å². The van der Waals surface area contributed by atoms with Crippen LogP contribution in [0, 0.1) is 13.3 Å². The van der Waals surface area contributed by atoms with E-state index in [1.807, 2.05) is 49.9 Å². The molecule has 0 bridgehead atoms. The molecular formula is C15H22NO. The monoisotopic (exact) mass is 232 g/mol. The maximum atomic E-state index is 12.1. The van der Waals surface area contributed by atoms with Gasteiger partial charge in [0.15, 0.2) is 0 Å². The fourth-order valence-electron chi connectivity index (χ4n) is 1.91. The maximum Gasteiger partial charge on any atom is 0.253 e. The summed E-state index contributed by atoms with van der Waals surface area (Å²) in [6.45, 7) is 7.75. The molecule has 1 amide bonds. The Morgan fingerprint density at radius 1 is 1.18 bits per heavy atom. The van der Waals surface area contributed by atoms with Gasteiger partial charge in [0, 0.05) is 18.7 Å². The topological polar surface area (TPSA) is 20.3 Å². The number of nitrogens with zero attached hydrogens (tertiary/aromatic N) is 1. The molecule has 1 radical (unpaired) electrons. The lowest BCUT2D eigenvalue weighted by Gasteiger charge is -2.26. The Balaban J connectivity index is 0.000000686. The fourth-order valence-corrected chi connectivity index (χ4v) is 1.91. The van der Waals surface area contributed by atoms with Crippen LogP contribution in [-0.2, 0) is 0 Å². The van der Waals surface area contributed by atoms with Crippen molar-refractivity contribution in [2.24, 2.45) is 0 Å². The third-order valence-electron chi connectivity index (χ3n) is 2.76. The smallest absolute Gasteiger partial charge is 0.253 e. The Bertz CT molecular complexity index is 354. The van der Waals surface area contributed by atoms with Crippen molar-refractivity contribution < 1.29 is 4.79 Å². The van der Waals surface area contributed by atoms with Gasteiger partial charge < -0.3 is 4.90 Å². The summed E-state index contributed by atoms with van der Waals surface area (Å²) < 4.78 is 0. The SMILES string of the molecule is CC.Cc1cccc(C(=O)N2CC[CH]CC2)c1. The largest absolute Gasteiger partial charge is 0.339 e. The number of carbonyl (C=O) groups excluding carboxylic acids is 1. The van der Waals surface area contributed by atoms with Gasteiger partial charge in [0.25, 0.3) is 5.91 Å². The zero-order chi connectivity index (χ0) is 12.7. The summed E-state index contributed by atoms with van der Waals surface area (Å²) in [5.41, 5.74) is 1.96. The number of amides is 1. The quantitative estimate of drug-likeness (QED) is 0.726. The number of benzene rings is 1. The molecule has 1 fully saturated rings. The highest BCUT2D eigenvalue weighted by atomic mass is 16.2. The first kappa shape index (κ1) is 13.8. The highest BCUT2D eigenvalue weighted by Gasteiger charge is 2.17. The van der Waals surface area contributed by atoms with Crippen LogP contribution in [0.1, 0.15) is 42.6 Å². The predicted molar refractivity (Wildman–Crippen MR) is 72.0 cm³/mol. The molecule has 2 rings (SSSR count). The van der Waals surface area contributed by atoms with Gasteiger partial charge in [-0.2, -0.15) is 0 Å². The molecule has 1 heterocycles. The van der Waals surface area contributed by atoms with E-state index in [-0.39, 0.29) is 5.91 Å². The molecule has 0 aliphatic carbocycles. The summed E-state index contributed by atoms with van der Waals surface area (Å²) >= 11 is 0. The first-order chi connectivity index (χ1) is 8.27. The second-order valence-corrected chi connectivity index (χ2v) is 4.03. The number of hydrogen-bond acceptors (Lipinski definition) is 1. The highest BCUT2D eigenvalue weighted by molar-refractivity contribution is 5.94. The van der Waals surface area contributed by atoms with E-state index in [1.165, 1.54) is 0 Å². The predicted octanol–water partition coefficient (Wildman–Crippen LogP) is 3.46. The van der Waals surface area contributed by atoms with Gasteiger partial charge in [0.05, 0.1) is 0 Å². The second-order valence-electron chi connectivity index (χ2n) is 4.03. The van der Waals surface area contributed by atoms with E-state index in [2.05, 4.69) is 6.42 Å². The average Bonchev–Trinajstić information content (AvgIpc) is 2.41. The normalized spacial score (nSPS) is 14.9. The van der Waals surface area contributed by atoms with Gasteiger partial charge in [-0.1, -0.05) is 31.5 Å². The zero-order valence-corrected chi connectivity index (χ0v) is 11.1. The van der Waals surface area contributed by atoms with Crippen LogP contribution in [0.4, 0.5) is 0 Å². The minimum Gasteiger partial charge on any atom is -0.339 e. The average molecular weight is 232 g/mol. The van der Waals surface area contributed by atoms with Crippen LogP contribution in [0.25, 0.3) is 0 Å². The number of piperidine rings is 1. The summed E-state index contributed by atoms with van der Waals surface area (Å²) in [6, 6.07) is 7.81. The molecule has 1 aromatic carbocycles. The van der Waals surface area contributed by atoms with Gasteiger partial charge in [0.1, 0.15) is 0 Å². The van der Waals surface area contributed by atoms with Gasteiger partial charge in [-0.15, -0.1) is 0 Å². The minimum absolute atomic E-state index is 0.173. The third kappa shape index (κ3) is 3.88. The molecule has 0 N–H and O–H groups in total. The lowest BCUT2D eigenvalue weighted by Crippen LogP contribution is -2.35. The standard InChI is InChI=1S/C13H16NO.C2H6/c1-11-6-5-7-12(10-11)13(15)14-8-3-2-4-9-14;1-2/h2,5-7,10H,3-4,8-9H2,1H3;1-2H3. The molecule has 2 nitrogen and oxygen atoms in total. The van der Waals surface area contributed by atoms with Crippen molar-refractivity contribution in [2.45, 2.75) is 33.6 Å². The number of rotatable bonds is 1. The summed E-state index contributed by atoms with van der Waals surface area (Å²) in [4.78, 5) is 14.0. The van der Waals surface area contributed by atoms with Gasteiger partial charge in [-0.3, -0.25) is 4.79 Å². The molecule has 0 unspecified atom stereocenters. The number of carbonyl (C=O) groups is 1. The minimum atomic E-state index is 0.173. The molecule has 1 saturated heterocycles. The highest BCUT2D eigenvalue weighted by Crippen LogP contribution is 2.13. The Kier molecular flexibility index (Phi) is 5.75. The van der Waals surface area contributed by atoms with Crippen LogP contribution in [0.5, 0.6) is 0 Å². The van der Waals surface area contributed by atoms with E-state index >= 15 is 0 Å². The lowest BCUT2D eigenvalue weighted by atomic mass is 10.1. The lowest BCUT2D eigenvalue weighted by molar-refractivity contribution is 0.0742. The first-order valence-electron chi connectivity index (χ1n) is 6.45. The third-order valence-corrected chi connectivity index (χ3v) is 2.76. The summed E-state index contributed by atoms with van der Waals surface area (Å²) in [7, 11) is 0. The number of likely N-dealkylation sites (tertiary alicyclic amines) is 1. The number of aryl methyl sites for hydroxylation is 1. The summed E-state index contributed by atoms with van der Waals surface area (Å²) in [5, 5.41) is 0. The van der Waals surface area contributed by atoms with Crippen LogP contribution in [-0.4, -0.2) is 23.9 Å². The molecular weight excluding hydrogens is 210 g/mol. The Hall–Kier alpha value is -1.31. The molecule has 1 aliphatic heterocycles. The molecule has 0 saturated carbocycles. The van der Waals surface area contributed by atoms with Crippen LogP contribution in [0.3, 0.4) is 0 Å². The van der Waals surface area contributed by atoms with E-state index < -0.39 is 0 Å². The molecule has 0 atom stereocenters. The molecule has 2 heteroatoms. The van der Waals surface area contributed by atoms with Gasteiger partial charge in [-0.25, -0.2) is 0 Å². The molecule has 93 valence electrons. The second kappa shape index (κ2) is 7.10. The van der Waals surface area contributed by atoms with E-state index in [1.54, 1.807) is 0 Å². The van der Waals surface area contributed by atoms with E-state index in [0.29, 0.717) is 0 Å². The van der Waals surface area contributed by atoms with Crippen molar-refractivity contribution in [1.29, 1.82) is 0 Å². The fraction of sp³-hybridized carbons (Fsp3) is 0.467. The van der Waals surface area contributed by atoms with Crippen LogP contribution in [0.2, 0.25) is 0 Å². The van der Waals surface area contributed by atoms with Gasteiger partial charge in [-0.05, 0) is 38.3 Å². The van der Waals surface area contributed by atoms with Crippen LogP contribution in [0.15, 0.2) is 24.3 Å².